The van der Waals surface area contributed by atoms with Gasteiger partial charge in [-0.1, -0.05) is 0 Å². The fourth-order valence-electron chi connectivity index (χ4n) is 2.82. The zero-order chi connectivity index (χ0) is 15.9. The minimum atomic E-state index is -2.57. The maximum absolute atomic E-state index is 5.57. The topological polar surface area (TPSA) is 58.6 Å². The molecule has 21 heavy (non-hydrogen) atoms. The molecule has 1 heterocycles. The van der Waals surface area contributed by atoms with E-state index in [1.54, 1.807) is 42.7 Å². The van der Waals surface area contributed by atoms with Crippen molar-refractivity contribution in [3.63, 3.8) is 0 Å². The summed E-state index contributed by atoms with van der Waals surface area (Å²) in [4.78, 5) is 2.35. The van der Waals surface area contributed by atoms with Gasteiger partial charge in [0, 0.05) is 48.7 Å². The van der Waals surface area contributed by atoms with Gasteiger partial charge in [0.2, 0.25) is 0 Å². The van der Waals surface area contributed by atoms with Crippen LogP contribution in [0.2, 0.25) is 6.04 Å². The van der Waals surface area contributed by atoms with Gasteiger partial charge < -0.3 is 26.6 Å². The molecule has 1 saturated heterocycles. The van der Waals surface area contributed by atoms with Crippen molar-refractivity contribution in [3.8, 4) is 0 Å². The lowest BCUT2D eigenvalue weighted by atomic mass is 10.2. The second-order valence-corrected chi connectivity index (χ2v) is 11.1. The van der Waals surface area contributed by atoms with Crippen molar-refractivity contribution >= 4 is 17.6 Å². The number of hydrogen-bond donors (Lipinski definition) is 0. The van der Waals surface area contributed by atoms with E-state index in [1.165, 1.54) is 0 Å². The van der Waals surface area contributed by atoms with Crippen LogP contribution < -0.4 is 0 Å². The monoisotopic (exact) mass is 339 g/mol. The van der Waals surface area contributed by atoms with E-state index >= 15 is 0 Å². The van der Waals surface area contributed by atoms with Crippen LogP contribution >= 0.6 is 0 Å². The van der Waals surface area contributed by atoms with Crippen LogP contribution in [0.5, 0.6) is 0 Å². The van der Waals surface area contributed by atoms with E-state index in [2.05, 4.69) is 4.90 Å². The normalized spacial score (nSPS) is 20.6. The average Bonchev–Trinajstić information content (AvgIpc) is 2.52. The minimum absolute atomic E-state index is 0.237. The van der Waals surface area contributed by atoms with Gasteiger partial charge >= 0.3 is 17.6 Å². The maximum atomic E-state index is 5.57. The van der Waals surface area contributed by atoms with Gasteiger partial charge in [-0.3, -0.25) is 4.90 Å². The van der Waals surface area contributed by atoms with Gasteiger partial charge in [0.1, 0.15) is 0 Å². The van der Waals surface area contributed by atoms with E-state index in [9.17, 15) is 0 Å². The van der Waals surface area contributed by atoms with E-state index in [1.807, 2.05) is 0 Å². The highest BCUT2D eigenvalue weighted by Gasteiger charge is 2.54. The molecule has 0 aromatic carbocycles. The summed E-state index contributed by atoms with van der Waals surface area (Å²) in [5.74, 6) is 0. The second kappa shape index (κ2) is 8.70. The van der Waals surface area contributed by atoms with E-state index < -0.39 is 17.6 Å². The molecule has 126 valence electrons. The van der Waals surface area contributed by atoms with Crippen molar-refractivity contribution in [3.05, 3.63) is 0 Å². The molecule has 1 rings (SSSR count). The summed E-state index contributed by atoms with van der Waals surface area (Å²) < 4.78 is 33.0. The molecule has 1 aliphatic rings. The standard InChI is InChI=1S/C12H29NO6Si2/c1-14-20(15-2,16-3)11-7-9-13-10-8-12(13)21(17-4,18-5)19-6/h12H,7-11H2,1-6H3. The Morgan fingerprint density at radius 2 is 1.38 bits per heavy atom. The van der Waals surface area contributed by atoms with Crippen molar-refractivity contribution in [2.75, 3.05) is 55.7 Å². The fourth-order valence-corrected chi connectivity index (χ4v) is 7.03. The van der Waals surface area contributed by atoms with Gasteiger partial charge in [-0.05, 0) is 25.9 Å². The Bertz CT molecular complexity index is 285. The molecule has 0 aliphatic carbocycles. The Morgan fingerprint density at radius 1 is 0.857 bits per heavy atom. The van der Waals surface area contributed by atoms with Gasteiger partial charge in [0.05, 0.1) is 5.67 Å². The molecule has 1 atom stereocenters. The molecule has 0 aromatic heterocycles. The quantitative estimate of drug-likeness (QED) is 0.515. The molecular weight excluding hydrogens is 310 g/mol. The lowest BCUT2D eigenvalue weighted by Crippen LogP contribution is -2.67. The molecule has 9 heteroatoms. The third-order valence-electron chi connectivity index (χ3n) is 4.25. The predicted octanol–water partition coefficient (Wildman–Crippen LogP) is 0.746. The third kappa shape index (κ3) is 4.12. The van der Waals surface area contributed by atoms with Crippen molar-refractivity contribution in [1.29, 1.82) is 0 Å². The predicted molar refractivity (Wildman–Crippen MR) is 83.0 cm³/mol. The van der Waals surface area contributed by atoms with E-state index in [4.69, 9.17) is 26.6 Å². The van der Waals surface area contributed by atoms with Crippen molar-refractivity contribution in [2.45, 2.75) is 24.6 Å². The fraction of sp³-hybridized carbons (Fsp3) is 1.00. The van der Waals surface area contributed by atoms with Gasteiger partial charge in [0.25, 0.3) is 0 Å². The molecule has 0 N–H and O–H groups in total. The van der Waals surface area contributed by atoms with Crippen LogP contribution in [0, 0.1) is 0 Å². The van der Waals surface area contributed by atoms with Crippen LogP contribution in [-0.2, 0) is 26.6 Å². The molecule has 0 saturated carbocycles. The van der Waals surface area contributed by atoms with Gasteiger partial charge in [-0.25, -0.2) is 0 Å². The maximum Gasteiger partial charge on any atom is 0.518 e. The second-order valence-electron chi connectivity index (χ2n) is 4.96. The SMILES string of the molecule is CO[Si](CCCN1CCC1[Si](OC)(OC)OC)(OC)OC. The molecular formula is C12H29NO6Si2. The Kier molecular flexibility index (Phi) is 7.95. The molecule has 1 fully saturated rings. The van der Waals surface area contributed by atoms with Gasteiger partial charge in [-0.15, -0.1) is 0 Å². The number of likely N-dealkylation sites (tertiary alicyclic amines) is 1. The van der Waals surface area contributed by atoms with Crippen LogP contribution in [0.4, 0.5) is 0 Å². The highest BCUT2D eigenvalue weighted by Crippen LogP contribution is 2.29. The summed E-state index contributed by atoms with van der Waals surface area (Å²) in [6.07, 6.45) is 1.99. The van der Waals surface area contributed by atoms with E-state index in [0.29, 0.717) is 0 Å². The minimum Gasteiger partial charge on any atom is -0.377 e. The van der Waals surface area contributed by atoms with E-state index in [0.717, 1.165) is 32.0 Å². The molecule has 0 spiro atoms. The molecule has 1 aliphatic heterocycles. The first-order valence-corrected chi connectivity index (χ1v) is 10.8. The molecule has 7 nitrogen and oxygen atoms in total. The van der Waals surface area contributed by atoms with Gasteiger partial charge in [0.15, 0.2) is 0 Å². The third-order valence-corrected chi connectivity index (χ3v) is 10.3. The van der Waals surface area contributed by atoms with Crippen molar-refractivity contribution in [1.82, 2.24) is 4.90 Å². The Hall–Kier alpha value is 0.154. The zero-order valence-electron chi connectivity index (χ0n) is 14.0. The first kappa shape index (κ1) is 19.2. The van der Waals surface area contributed by atoms with Crippen molar-refractivity contribution in [2.24, 2.45) is 0 Å². The van der Waals surface area contributed by atoms with Crippen LogP contribution in [0.1, 0.15) is 12.8 Å². The zero-order valence-corrected chi connectivity index (χ0v) is 16.0. The first-order chi connectivity index (χ1) is 10.1. The highest BCUT2D eigenvalue weighted by molar-refractivity contribution is 6.62. The molecule has 0 radical (unpaired) electrons. The smallest absolute Gasteiger partial charge is 0.377 e. The summed E-state index contributed by atoms with van der Waals surface area (Å²) in [6.45, 7) is 1.97. The van der Waals surface area contributed by atoms with Crippen LogP contribution in [0.3, 0.4) is 0 Å². The van der Waals surface area contributed by atoms with Crippen LogP contribution in [-0.4, -0.2) is 83.9 Å². The van der Waals surface area contributed by atoms with Crippen molar-refractivity contribution < 1.29 is 26.6 Å². The number of rotatable bonds is 11. The van der Waals surface area contributed by atoms with Gasteiger partial charge in [-0.2, -0.15) is 0 Å². The van der Waals surface area contributed by atoms with Crippen LogP contribution in [0.25, 0.3) is 0 Å². The summed E-state index contributed by atoms with van der Waals surface area (Å²) in [7, 11) is 4.86. The Labute approximate surface area is 130 Å². The summed E-state index contributed by atoms with van der Waals surface area (Å²) in [5, 5.41) is 0. The number of hydrogen-bond acceptors (Lipinski definition) is 7. The number of nitrogens with zero attached hydrogens (tertiary/aromatic N) is 1. The summed E-state index contributed by atoms with van der Waals surface area (Å²) >= 11 is 0. The Morgan fingerprint density at radius 3 is 1.71 bits per heavy atom. The van der Waals surface area contributed by atoms with Crippen LogP contribution in [0.15, 0.2) is 0 Å². The highest BCUT2D eigenvalue weighted by atomic mass is 28.4. The summed E-state index contributed by atoms with van der Waals surface area (Å²) in [5.41, 5.74) is 0.237. The molecule has 1 unspecified atom stereocenters. The lowest BCUT2D eigenvalue weighted by Gasteiger charge is -2.47. The first-order valence-electron chi connectivity index (χ1n) is 7.12. The van der Waals surface area contributed by atoms with E-state index in [-0.39, 0.29) is 5.67 Å². The largest absolute Gasteiger partial charge is 0.518 e. The summed E-state index contributed by atoms with van der Waals surface area (Å²) in [6, 6.07) is 0.793. The molecule has 0 aromatic rings. The average molecular weight is 340 g/mol. The molecule has 0 amide bonds. The molecule has 0 bridgehead atoms. The Balaban J connectivity index is 2.50. The lowest BCUT2D eigenvalue weighted by molar-refractivity contribution is 0.0316.